The van der Waals surface area contributed by atoms with E-state index in [0.717, 1.165) is 50.0 Å². The summed E-state index contributed by atoms with van der Waals surface area (Å²) in [7, 11) is 0. The zero-order valence-electron chi connectivity index (χ0n) is 11.3. The zero-order chi connectivity index (χ0) is 13.2. The van der Waals surface area contributed by atoms with Gasteiger partial charge in [-0.2, -0.15) is 0 Å². The Labute approximate surface area is 110 Å². The Morgan fingerprint density at radius 1 is 1.28 bits per heavy atom. The summed E-state index contributed by atoms with van der Waals surface area (Å²) in [6.07, 6.45) is 6.43. The maximum Gasteiger partial charge on any atom is 0.119 e. The van der Waals surface area contributed by atoms with Crippen LogP contribution in [0.5, 0.6) is 5.75 Å². The summed E-state index contributed by atoms with van der Waals surface area (Å²) in [6.45, 7) is 6.59. The standard InChI is InChI=1S/C16H24O2/c1-3-5-7-8-16(17)14-9-11-15(12-10-14)18-13-6-4-2/h3,9-12,16-17H,1,4-8,13H2,2H3. The minimum Gasteiger partial charge on any atom is -0.494 e. The van der Waals surface area contributed by atoms with Crippen molar-refractivity contribution in [2.45, 2.75) is 45.1 Å². The number of rotatable bonds is 9. The van der Waals surface area contributed by atoms with Crippen molar-refractivity contribution in [3.63, 3.8) is 0 Å². The Morgan fingerprint density at radius 2 is 2.00 bits per heavy atom. The van der Waals surface area contributed by atoms with E-state index in [1.54, 1.807) is 0 Å². The molecule has 0 spiro atoms. The summed E-state index contributed by atoms with van der Waals surface area (Å²) in [6, 6.07) is 7.75. The summed E-state index contributed by atoms with van der Waals surface area (Å²) < 4.78 is 5.58. The van der Waals surface area contributed by atoms with Gasteiger partial charge in [0.2, 0.25) is 0 Å². The van der Waals surface area contributed by atoms with E-state index in [9.17, 15) is 5.11 Å². The molecule has 0 aromatic heterocycles. The molecule has 0 aliphatic rings. The fourth-order valence-corrected chi connectivity index (χ4v) is 1.74. The highest BCUT2D eigenvalue weighted by molar-refractivity contribution is 5.28. The minimum atomic E-state index is -0.380. The Hall–Kier alpha value is -1.28. The zero-order valence-corrected chi connectivity index (χ0v) is 11.3. The van der Waals surface area contributed by atoms with E-state index in [-0.39, 0.29) is 6.10 Å². The molecule has 1 atom stereocenters. The Balaban J connectivity index is 2.40. The molecule has 0 fully saturated rings. The van der Waals surface area contributed by atoms with Crippen LogP contribution in [0.2, 0.25) is 0 Å². The molecule has 0 saturated carbocycles. The van der Waals surface area contributed by atoms with Crippen LogP contribution < -0.4 is 4.74 Å². The van der Waals surface area contributed by atoms with Crippen LogP contribution in [0.15, 0.2) is 36.9 Å². The quantitative estimate of drug-likeness (QED) is 0.523. The van der Waals surface area contributed by atoms with Gasteiger partial charge in [-0.15, -0.1) is 6.58 Å². The largest absolute Gasteiger partial charge is 0.494 e. The number of aliphatic hydroxyl groups is 1. The Bertz CT molecular complexity index is 329. The van der Waals surface area contributed by atoms with Crippen molar-refractivity contribution in [2.24, 2.45) is 0 Å². The van der Waals surface area contributed by atoms with Crippen molar-refractivity contribution >= 4 is 0 Å². The average Bonchev–Trinajstić information content (AvgIpc) is 2.40. The lowest BCUT2D eigenvalue weighted by molar-refractivity contribution is 0.165. The second-order valence-electron chi connectivity index (χ2n) is 4.51. The van der Waals surface area contributed by atoms with Gasteiger partial charge in [0.05, 0.1) is 12.7 Å². The maximum atomic E-state index is 9.98. The molecule has 1 aromatic carbocycles. The Morgan fingerprint density at radius 3 is 2.61 bits per heavy atom. The highest BCUT2D eigenvalue weighted by atomic mass is 16.5. The lowest BCUT2D eigenvalue weighted by Gasteiger charge is -2.11. The normalized spacial score (nSPS) is 12.1. The second-order valence-corrected chi connectivity index (χ2v) is 4.51. The smallest absolute Gasteiger partial charge is 0.119 e. The van der Waals surface area contributed by atoms with Crippen LogP contribution in [0.4, 0.5) is 0 Å². The van der Waals surface area contributed by atoms with Crippen LogP contribution in [0, 0.1) is 0 Å². The van der Waals surface area contributed by atoms with E-state index < -0.39 is 0 Å². The van der Waals surface area contributed by atoms with Gasteiger partial charge in [0.1, 0.15) is 5.75 Å². The van der Waals surface area contributed by atoms with Crippen molar-refractivity contribution in [2.75, 3.05) is 6.61 Å². The van der Waals surface area contributed by atoms with Crippen LogP contribution in [0.25, 0.3) is 0 Å². The summed E-state index contributed by atoms with van der Waals surface area (Å²) in [5.41, 5.74) is 0.960. The molecule has 0 bridgehead atoms. The molecule has 0 heterocycles. The molecule has 0 aliphatic heterocycles. The highest BCUT2D eigenvalue weighted by Crippen LogP contribution is 2.22. The molecule has 2 nitrogen and oxygen atoms in total. The first kappa shape index (κ1) is 14.8. The third-order valence-corrected chi connectivity index (χ3v) is 2.92. The van der Waals surface area contributed by atoms with Crippen LogP contribution in [0.1, 0.15) is 50.7 Å². The molecule has 1 unspecified atom stereocenters. The van der Waals surface area contributed by atoms with E-state index in [1.807, 2.05) is 30.3 Å². The number of hydrogen-bond acceptors (Lipinski definition) is 2. The fraction of sp³-hybridized carbons (Fsp3) is 0.500. The number of benzene rings is 1. The van der Waals surface area contributed by atoms with Crippen molar-refractivity contribution in [1.82, 2.24) is 0 Å². The monoisotopic (exact) mass is 248 g/mol. The number of unbranched alkanes of at least 4 members (excludes halogenated alkanes) is 2. The van der Waals surface area contributed by atoms with Gasteiger partial charge >= 0.3 is 0 Å². The molecular weight excluding hydrogens is 224 g/mol. The van der Waals surface area contributed by atoms with E-state index in [4.69, 9.17) is 4.74 Å². The molecule has 100 valence electrons. The van der Waals surface area contributed by atoms with Crippen LogP contribution in [-0.2, 0) is 0 Å². The van der Waals surface area contributed by atoms with Gasteiger partial charge in [0.15, 0.2) is 0 Å². The lowest BCUT2D eigenvalue weighted by Crippen LogP contribution is -1.99. The van der Waals surface area contributed by atoms with Gasteiger partial charge < -0.3 is 9.84 Å². The SMILES string of the molecule is C=CCCCC(O)c1ccc(OCCCC)cc1. The molecule has 2 heteroatoms. The number of ether oxygens (including phenoxy) is 1. The topological polar surface area (TPSA) is 29.5 Å². The van der Waals surface area contributed by atoms with E-state index in [1.165, 1.54) is 0 Å². The van der Waals surface area contributed by atoms with Gasteiger partial charge in [-0.25, -0.2) is 0 Å². The fourth-order valence-electron chi connectivity index (χ4n) is 1.74. The van der Waals surface area contributed by atoms with E-state index in [2.05, 4.69) is 13.5 Å². The molecule has 1 aromatic rings. The Kier molecular flexibility index (Phi) is 7.19. The third kappa shape index (κ3) is 5.37. The second kappa shape index (κ2) is 8.76. The predicted molar refractivity (Wildman–Crippen MR) is 75.9 cm³/mol. The molecule has 1 rings (SSSR count). The first-order chi connectivity index (χ1) is 8.77. The van der Waals surface area contributed by atoms with Gasteiger partial charge in [0, 0.05) is 0 Å². The third-order valence-electron chi connectivity index (χ3n) is 2.92. The molecule has 0 aliphatic carbocycles. The molecular formula is C16H24O2. The predicted octanol–water partition coefficient (Wildman–Crippen LogP) is 4.26. The number of allylic oxidation sites excluding steroid dienone is 1. The maximum absolute atomic E-state index is 9.98. The first-order valence-electron chi connectivity index (χ1n) is 6.79. The molecule has 18 heavy (non-hydrogen) atoms. The lowest BCUT2D eigenvalue weighted by atomic mass is 10.0. The average molecular weight is 248 g/mol. The van der Waals surface area contributed by atoms with Crippen LogP contribution in [-0.4, -0.2) is 11.7 Å². The van der Waals surface area contributed by atoms with Crippen molar-refractivity contribution in [3.8, 4) is 5.75 Å². The number of aliphatic hydroxyl groups excluding tert-OH is 1. The highest BCUT2D eigenvalue weighted by Gasteiger charge is 2.06. The van der Waals surface area contributed by atoms with Gasteiger partial charge in [0.25, 0.3) is 0 Å². The summed E-state index contributed by atoms with van der Waals surface area (Å²) in [4.78, 5) is 0. The van der Waals surface area contributed by atoms with Gasteiger partial charge in [-0.05, 0) is 43.4 Å². The minimum absolute atomic E-state index is 0.380. The molecule has 0 saturated heterocycles. The number of hydrogen-bond donors (Lipinski definition) is 1. The van der Waals surface area contributed by atoms with Crippen LogP contribution in [0.3, 0.4) is 0 Å². The van der Waals surface area contributed by atoms with Gasteiger partial charge in [-0.3, -0.25) is 0 Å². The van der Waals surface area contributed by atoms with Gasteiger partial charge in [-0.1, -0.05) is 31.6 Å². The van der Waals surface area contributed by atoms with E-state index in [0.29, 0.717) is 0 Å². The van der Waals surface area contributed by atoms with Crippen molar-refractivity contribution in [3.05, 3.63) is 42.5 Å². The summed E-state index contributed by atoms with van der Waals surface area (Å²) in [5, 5.41) is 9.98. The first-order valence-corrected chi connectivity index (χ1v) is 6.79. The van der Waals surface area contributed by atoms with Crippen molar-refractivity contribution < 1.29 is 9.84 Å². The van der Waals surface area contributed by atoms with Crippen LogP contribution >= 0.6 is 0 Å². The molecule has 1 N–H and O–H groups in total. The summed E-state index contributed by atoms with van der Waals surface area (Å²) in [5.74, 6) is 0.880. The molecule has 0 amide bonds. The molecule has 0 radical (unpaired) electrons. The van der Waals surface area contributed by atoms with E-state index >= 15 is 0 Å². The van der Waals surface area contributed by atoms with Crippen molar-refractivity contribution in [1.29, 1.82) is 0 Å². The summed E-state index contributed by atoms with van der Waals surface area (Å²) >= 11 is 0.